The van der Waals surface area contributed by atoms with E-state index in [0.29, 0.717) is 18.5 Å². The Morgan fingerprint density at radius 2 is 1.86 bits per heavy atom. The van der Waals surface area contributed by atoms with E-state index in [2.05, 4.69) is 15.6 Å². The second-order valence-electron chi connectivity index (χ2n) is 9.61. The third-order valence-electron chi connectivity index (χ3n) is 6.27. The number of hydrogen-bond acceptors (Lipinski definition) is 5. The van der Waals surface area contributed by atoms with Crippen LogP contribution in [0.15, 0.2) is 18.3 Å². The maximum atomic E-state index is 13.4. The van der Waals surface area contributed by atoms with Gasteiger partial charge in [0, 0.05) is 42.5 Å². The average molecular weight is 495 g/mol. The summed E-state index contributed by atoms with van der Waals surface area (Å²) < 4.78 is 26.8. The van der Waals surface area contributed by atoms with E-state index >= 15 is 0 Å². The van der Waals surface area contributed by atoms with Crippen molar-refractivity contribution in [1.82, 2.24) is 20.5 Å². The minimum absolute atomic E-state index is 0.0474. The van der Waals surface area contributed by atoms with Gasteiger partial charge in [-0.1, -0.05) is 27.7 Å². The molecule has 2 heterocycles. The van der Waals surface area contributed by atoms with Gasteiger partial charge in [0.05, 0.1) is 18.8 Å². The van der Waals surface area contributed by atoms with Crippen LogP contribution in [-0.4, -0.2) is 58.4 Å². The Hall–Kier alpha value is -2.91. The molecule has 0 saturated carbocycles. The van der Waals surface area contributed by atoms with Crippen LogP contribution < -0.4 is 10.6 Å². The van der Waals surface area contributed by atoms with E-state index in [4.69, 9.17) is 0 Å². The Morgan fingerprint density at radius 1 is 1.17 bits per heavy atom. The number of alkyl halides is 2. The van der Waals surface area contributed by atoms with Crippen molar-refractivity contribution in [3.8, 4) is 0 Å². The first kappa shape index (κ1) is 28.3. The van der Waals surface area contributed by atoms with Crippen molar-refractivity contribution in [2.75, 3.05) is 13.1 Å². The first-order valence-corrected chi connectivity index (χ1v) is 12.1. The first-order valence-electron chi connectivity index (χ1n) is 12.1. The fourth-order valence-corrected chi connectivity index (χ4v) is 4.10. The standard InChI is InChI=1S/C25H36F2N4O4/c1-6-18(21(32)15(2)3)11-16(4)22(33)29-13-20-12-19(7-9-28-20)23(34)30-17(5)24(35)31-10-8-25(26,27)14-31/h7,9,12,15-18H,6,8,10-11,13-14H2,1-5H3,(H,29,33)(H,30,34)/t16?,17-,18?/m1/s1. The van der Waals surface area contributed by atoms with Crippen molar-refractivity contribution >= 4 is 23.5 Å². The molecule has 10 heteroatoms. The van der Waals surface area contributed by atoms with Crippen LogP contribution in [0, 0.1) is 17.8 Å². The normalized spacial score (nSPS) is 17.5. The zero-order chi connectivity index (χ0) is 26.3. The minimum Gasteiger partial charge on any atom is -0.350 e. The molecule has 0 aromatic carbocycles. The Bertz CT molecular complexity index is 938. The number of likely N-dealkylation sites (tertiary alicyclic amines) is 1. The molecule has 0 spiro atoms. The topological polar surface area (TPSA) is 108 Å². The molecule has 1 aromatic rings. The number of carbonyl (C=O) groups excluding carboxylic acids is 4. The maximum absolute atomic E-state index is 13.4. The second-order valence-corrected chi connectivity index (χ2v) is 9.61. The number of halogens is 2. The van der Waals surface area contributed by atoms with Gasteiger partial charge in [-0.2, -0.15) is 0 Å². The summed E-state index contributed by atoms with van der Waals surface area (Å²) >= 11 is 0. The van der Waals surface area contributed by atoms with Crippen LogP contribution >= 0.6 is 0 Å². The summed E-state index contributed by atoms with van der Waals surface area (Å²) in [6.07, 6.45) is 2.17. The smallest absolute Gasteiger partial charge is 0.267 e. The minimum atomic E-state index is -2.90. The highest BCUT2D eigenvalue weighted by Crippen LogP contribution is 2.27. The van der Waals surface area contributed by atoms with Crippen LogP contribution in [0.5, 0.6) is 0 Å². The molecule has 3 atom stereocenters. The number of nitrogens with zero attached hydrogens (tertiary/aromatic N) is 2. The van der Waals surface area contributed by atoms with Gasteiger partial charge in [-0.05, 0) is 31.9 Å². The summed E-state index contributed by atoms with van der Waals surface area (Å²) in [5.41, 5.74) is 0.680. The Labute approximate surface area is 205 Å². The first-order chi connectivity index (χ1) is 16.3. The van der Waals surface area contributed by atoms with E-state index in [0.717, 1.165) is 4.90 Å². The molecule has 35 heavy (non-hydrogen) atoms. The van der Waals surface area contributed by atoms with Crippen molar-refractivity contribution in [2.24, 2.45) is 17.8 Å². The highest BCUT2D eigenvalue weighted by Gasteiger charge is 2.41. The van der Waals surface area contributed by atoms with Crippen molar-refractivity contribution in [3.63, 3.8) is 0 Å². The molecule has 2 unspecified atom stereocenters. The van der Waals surface area contributed by atoms with Gasteiger partial charge >= 0.3 is 0 Å². The van der Waals surface area contributed by atoms with Crippen LogP contribution in [0.3, 0.4) is 0 Å². The fourth-order valence-electron chi connectivity index (χ4n) is 4.10. The molecule has 1 saturated heterocycles. The molecule has 2 rings (SSSR count). The molecule has 8 nitrogen and oxygen atoms in total. The molecule has 1 fully saturated rings. The number of amides is 3. The molecule has 1 aromatic heterocycles. The van der Waals surface area contributed by atoms with Gasteiger partial charge in [0.25, 0.3) is 11.8 Å². The van der Waals surface area contributed by atoms with Crippen molar-refractivity contribution in [1.29, 1.82) is 0 Å². The average Bonchev–Trinajstić information content (AvgIpc) is 3.19. The lowest BCUT2D eigenvalue weighted by Gasteiger charge is -2.21. The third kappa shape index (κ3) is 8.07. The number of rotatable bonds is 11. The quantitative estimate of drug-likeness (QED) is 0.492. The van der Waals surface area contributed by atoms with Crippen molar-refractivity contribution in [3.05, 3.63) is 29.6 Å². The molecule has 2 N–H and O–H groups in total. The number of pyridine rings is 1. The number of aromatic nitrogens is 1. The Kier molecular flexibility index (Phi) is 9.85. The number of hydrogen-bond donors (Lipinski definition) is 2. The van der Waals surface area contributed by atoms with E-state index < -0.39 is 30.3 Å². The number of nitrogens with one attached hydrogen (secondary N) is 2. The number of carbonyl (C=O) groups is 4. The highest BCUT2D eigenvalue weighted by molar-refractivity contribution is 5.97. The third-order valence-corrected chi connectivity index (χ3v) is 6.27. The van der Waals surface area contributed by atoms with Crippen LogP contribution in [-0.2, 0) is 20.9 Å². The predicted octanol–water partition coefficient (Wildman–Crippen LogP) is 2.96. The summed E-state index contributed by atoms with van der Waals surface area (Å²) in [6, 6.07) is 2.00. The van der Waals surface area contributed by atoms with Gasteiger partial charge in [0.1, 0.15) is 11.8 Å². The molecule has 0 radical (unpaired) electrons. The van der Waals surface area contributed by atoms with Crippen LogP contribution in [0.4, 0.5) is 8.78 Å². The van der Waals surface area contributed by atoms with E-state index in [1.165, 1.54) is 25.3 Å². The summed E-state index contributed by atoms with van der Waals surface area (Å²) in [7, 11) is 0. The van der Waals surface area contributed by atoms with E-state index in [1.54, 1.807) is 6.92 Å². The van der Waals surface area contributed by atoms with Crippen LogP contribution in [0.1, 0.15) is 69.9 Å². The summed E-state index contributed by atoms with van der Waals surface area (Å²) in [6.45, 7) is 8.27. The fraction of sp³-hybridized carbons (Fsp3) is 0.640. The largest absolute Gasteiger partial charge is 0.350 e. The zero-order valence-electron chi connectivity index (χ0n) is 21.1. The maximum Gasteiger partial charge on any atom is 0.267 e. The van der Waals surface area contributed by atoms with Gasteiger partial charge < -0.3 is 15.5 Å². The lowest BCUT2D eigenvalue weighted by molar-refractivity contribution is -0.133. The van der Waals surface area contributed by atoms with Crippen molar-refractivity contribution < 1.29 is 28.0 Å². The summed E-state index contributed by atoms with van der Waals surface area (Å²) in [4.78, 5) is 55.0. The van der Waals surface area contributed by atoms with E-state index in [-0.39, 0.29) is 54.5 Å². The monoisotopic (exact) mass is 494 g/mol. The van der Waals surface area contributed by atoms with Gasteiger partial charge in [0.2, 0.25) is 11.8 Å². The zero-order valence-corrected chi connectivity index (χ0v) is 21.1. The van der Waals surface area contributed by atoms with E-state index in [1.807, 2.05) is 20.8 Å². The van der Waals surface area contributed by atoms with Crippen LogP contribution in [0.2, 0.25) is 0 Å². The van der Waals surface area contributed by atoms with Gasteiger partial charge in [-0.15, -0.1) is 0 Å². The Morgan fingerprint density at radius 3 is 2.43 bits per heavy atom. The lowest BCUT2D eigenvalue weighted by atomic mass is 9.85. The van der Waals surface area contributed by atoms with Gasteiger partial charge in [0.15, 0.2) is 0 Å². The van der Waals surface area contributed by atoms with E-state index in [9.17, 15) is 28.0 Å². The molecular weight excluding hydrogens is 458 g/mol. The Balaban J connectivity index is 1.90. The lowest BCUT2D eigenvalue weighted by Crippen LogP contribution is -2.46. The van der Waals surface area contributed by atoms with Crippen molar-refractivity contribution in [2.45, 2.75) is 72.4 Å². The van der Waals surface area contributed by atoms with Gasteiger partial charge in [-0.25, -0.2) is 8.78 Å². The summed E-state index contributed by atoms with van der Waals surface area (Å²) in [5, 5.41) is 5.33. The second kappa shape index (κ2) is 12.2. The molecule has 1 aliphatic heterocycles. The molecule has 194 valence electrons. The molecule has 1 aliphatic rings. The molecular formula is C25H36F2N4O4. The number of Topliss-reactive ketones (excluding diaryl/α,β-unsaturated/α-hetero) is 1. The molecule has 3 amide bonds. The predicted molar refractivity (Wildman–Crippen MR) is 127 cm³/mol. The molecule has 0 bridgehead atoms. The molecule has 0 aliphatic carbocycles. The highest BCUT2D eigenvalue weighted by atomic mass is 19.3. The number of ketones is 1. The van der Waals surface area contributed by atoms with Crippen LogP contribution in [0.25, 0.3) is 0 Å². The van der Waals surface area contributed by atoms with Gasteiger partial charge in [-0.3, -0.25) is 24.2 Å². The summed E-state index contributed by atoms with van der Waals surface area (Å²) in [5.74, 6) is -4.68. The SMILES string of the molecule is CCC(CC(C)C(=O)NCc1cc(C(=O)N[C@H](C)C(=O)N2CCC(F)(F)C2)ccn1)C(=O)C(C)C.